The molecule has 0 saturated heterocycles. The van der Waals surface area contributed by atoms with E-state index >= 15 is 0 Å². The van der Waals surface area contributed by atoms with Gasteiger partial charge in [0.15, 0.2) is 0 Å². The van der Waals surface area contributed by atoms with E-state index in [4.69, 9.17) is 0 Å². The Hall–Kier alpha value is -1.39. The lowest BCUT2D eigenvalue weighted by atomic mass is 10.2. The summed E-state index contributed by atoms with van der Waals surface area (Å²) in [7, 11) is 1.78. The molecule has 0 aliphatic heterocycles. The van der Waals surface area contributed by atoms with Crippen molar-refractivity contribution in [1.29, 1.82) is 0 Å². The first-order valence-corrected chi connectivity index (χ1v) is 4.79. The largest absolute Gasteiger partial charge is 0.336 e. The monoisotopic (exact) mass is 196 g/mol. The standard InChI is InChI=1S/C9H16N4O/c1-4-5-7(2)13(3)9(14)8-10-6-11-12-8/h6-7H,4-5H2,1-3H3,(H,10,11,12). The molecule has 1 heterocycles. The van der Waals surface area contributed by atoms with Crippen LogP contribution in [-0.2, 0) is 0 Å². The van der Waals surface area contributed by atoms with Crippen LogP contribution in [0.4, 0.5) is 0 Å². The van der Waals surface area contributed by atoms with Crippen molar-refractivity contribution in [2.45, 2.75) is 32.7 Å². The summed E-state index contributed by atoms with van der Waals surface area (Å²) in [6.07, 6.45) is 3.40. The smallest absolute Gasteiger partial charge is 0.291 e. The van der Waals surface area contributed by atoms with Gasteiger partial charge < -0.3 is 4.90 Å². The molecule has 0 fully saturated rings. The van der Waals surface area contributed by atoms with Crippen molar-refractivity contribution in [3.8, 4) is 0 Å². The van der Waals surface area contributed by atoms with Gasteiger partial charge in [-0.05, 0) is 13.3 Å². The highest BCUT2D eigenvalue weighted by Crippen LogP contribution is 2.06. The van der Waals surface area contributed by atoms with Gasteiger partial charge in [-0.15, -0.1) is 0 Å². The third kappa shape index (κ3) is 2.31. The van der Waals surface area contributed by atoms with Crippen molar-refractivity contribution in [2.24, 2.45) is 0 Å². The van der Waals surface area contributed by atoms with Crippen molar-refractivity contribution < 1.29 is 4.79 Å². The molecule has 1 aromatic heterocycles. The van der Waals surface area contributed by atoms with Gasteiger partial charge in [0.05, 0.1) is 0 Å². The maximum Gasteiger partial charge on any atom is 0.291 e. The van der Waals surface area contributed by atoms with Crippen LogP contribution in [0.2, 0.25) is 0 Å². The third-order valence-electron chi connectivity index (χ3n) is 2.31. The summed E-state index contributed by atoms with van der Waals surface area (Å²) in [6, 6.07) is 0.234. The summed E-state index contributed by atoms with van der Waals surface area (Å²) in [6.45, 7) is 4.13. The van der Waals surface area contributed by atoms with Crippen molar-refractivity contribution in [3.63, 3.8) is 0 Å². The van der Waals surface area contributed by atoms with E-state index in [1.807, 2.05) is 6.92 Å². The third-order valence-corrected chi connectivity index (χ3v) is 2.31. The molecule has 5 nitrogen and oxygen atoms in total. The van der Waals surface area contributed by atoms with Crippen LogP contribution in [0.1, 0.15) is 37.3 Å². The molecule has 5 heteroatoms. The predicted octanol–water partition coefficient (Wildman–Crippen LogP) is 1.07. The zero-order valence-corrected chi connectivity index (χ0v) is 8.82. The van der Waals surface area contributed by atoms with E-state index in [1.165, 1.54) is 6.33 Å². The van der Waals surface area contributed by atoms with E-state index in [2.05, 4.69) is 22.1 Å². The molecule has 1 amide bonds. The number of aromatic nitrogens is 3. The number of amides is 1. The van der Waals surface area contributed by atoms with Crippen LogP contribution < -0.4 is 0 Å². The first kappa shape index (κ1) is 10.7. The number of hydrogen-bond donors (Lipinski definition) is 1. The molecule has 0 spiro atoms. The SMILES string of the molecule is CCCC(C)N(C)C(=O)c1ncn[nH]1. The van der Waals surface area contributed by atoms with Gasteiger partial charge in [0.2, 0.25) is 5.82 Å². The average molecular weight is 196 g/mol. The molecule has 1 atom stereocenters. The maximum atomic E-state index is 11.7. The Labute approximate surface area is 83.5 Å². The van der Waals surface area contributed by atoms with Crippen LogP contribution in [0, 0.1) is 0 Å². The van der Waals surface area contributed by atoms with Crippen molar-refractivity contribution in [1.82, 2.24) is 20.1 Å². The molecule has 1 unspecified atom stereocenters. The second-order valence-electron chi connectivity index (χ2n) is 3.39. The second-order valence-corrected chi connectivity index (χ2v) is 3.39. The van der Waals surface area contributed by atoms with Gasteiger partial charge in [0.25, 0.3) is 5.91 Å². The Morgan fingerprint density at radius 1 is 1.71 bits per heavy atom. The zero-order chi connectivity index (χ0) is 10.6. The number of carbonyl (C=O) groups excluding carboxylic acids is 1. The Balaban J connectivity index is 2.61. The number of carbonyl (C=O) groups is 1. The van der Waals surface area contributed by atoms with Gasteiger partial charge in [-0.3, -0.25) is 9.89 Å². The first-order chi connectivity index (χ1) is 6.66. The van der Waals surface area contributed by atoms with Crippen molar-refractivity contribution >= 4 is 5.91 Å². The molecule has 1 rings (SSSR count). The minimum atomic E-state index is -0.108. The lowest BCUT2D eigenvalue weighted by Gasteiger charge is -2.23. The lowest BCUT2D eigenvalue weighted by Crippen LogP contribution is -2.35. The van der Waals surface area contributed by atoms with E-state index in [0.717, 1.165) is 12.8 Å². The van der Waals surface area contributed by atoms with Crippen LogP contribution in [0.15, 0.2) is 6.33 Å². The number of nitrogens with one attached hydrogen (secondary N) is 1. The summed E-state index contributed by atoms with van der Waals surface area (Å²) in [4.78, 5) is 17.2. The van der Waals surface area contributed by atoms with E-state index in [0.29, 0.717) is 5.82 Å². The Morgan fingerprint density at radius 3 is 2.93 bits per heavy atom. The van der Waals surface area contributed by atoms with Crippen molar-refractivity contribution in [3.05, 3.63) is 12.2 Å². The van der Waals surface area contributed by atoms with E-state index in [9.17, 15) is 4.79 Å². The molecule has 0 aliphatic rings. The van der Waals surface area contributed by atoms with Gasteiger partial charge in [0, 0.05) is 13.1 Å². The fourth-order valence-corrected chi connectivity index (χ4v) is 1.29. The molecule has 1 N–H and O–H groups in total. The molecule has 14 heavy (non-hydrogen) atoms. The normalized spacial score (nSPS) is 12.5. The summed E-state index contributed by atoms with van der Waals surface area (Å²) >= 11 is 0. The minimum Gasteiger partial charge on any atom is -0.336 e. The molecule has 0 saturated carbocycles. The number of nitrogens with zero attached hydrogens (tertiary/aromatic N) is 3. The highest BCUT2D eigenvalue weighted by Gasteiger charge is 2.18. The molecule has 0 bridgehead atoms. The number of H-pyrrole nitrogens is 1. The summed E-state index contributed by atoms with van der Waals surface area (Å²) < 4.78 is 0. The zero-order valence-electron chi connectivity index (χ0n) is 8.82. The first-order valence-electron chi connectivity index (χ1n) is 4.79. The summed E-state index contributed by atoms with van der Waals surface area (Å²) in [5.41, 5.74) is 0. The van der Waals surface area contributed by atoms with Gasteiger partial charge >= 0.3 is 0 Å². The fraction of sp³-hybridized carbons (Fsp3) is 0.667. The second kappa shape index (κ2) is 4.74. The van der Waals surface area contributed by atoms with Crippen LogP contribution >= 0.6 is 0 Å². The summed E-state index contributed by atoms with van der Waals surface area (Å²) in [5, 5.41) is 6.21. The molecule has 78 valence electrons. The predicted molar refractivity (Wildman–Crippen MR) is 52.8 cm³/mol. The quantitative estimate of drug-likeness (QED) is 0.783. The van der Waals surface area contributed by atoms with E-state index in [-0.39, 0.29) is 11.9 Å². The maximum absolute atomic E-state index is 11.7. The lowest BCUT2D eigenvalue weighted by molar-refractivity contribution is 0.0725. The molecule has 0 aromatic carbocycles. The van der Waals surface area contributed by atoms with Crippen LogP contribution in [0.25, 0.3) is 0 Å². The van der Waals surface area contributed by atoms with Crippen LogP contribution in [0.5, 0.6) is 0 Å². The molecular weight excluding hydrogens is 180 g/mol. The van der Waals surface area contributed by atoms with Crippen LogP contribution in [-0.4, -0.2) is 39.1 Å². The molecular formula is C9H16N4O. The summed E-state index contributed by atoms with van der Waals surface area (Å²) in [5.74, 6) is 0.193. The van der Waals surface area contributed by atoms with Gasteiger partial charge in [0.1, 0.15) is 6.33 Å². The Morgan fingerprint density at radius 2 is 2.43 bits per heavy atom. The van der Waals surface area contributed by atoms with Gasteiger partial charge in [-0.1, -0.05) is 13.3 Å². The highest BCUT2D eigenvalue weighted by molar-refractivity contribution is 5.90. The Kier molecular flexibility index (Phi) is 3.62. The van der Waals surface area contributed by atoms with Crippen LogP contribution in [0.3, 0.4) is 0 Å². The Bertz CT molecular complexity index is 283. The van der Waals surface area contributed by atoms with Gasteiger partial charge in [-0.2, -0.15) is 5.10 Å². The van der Waals surface area contributed by atoms with E-state index in [1.54, 1.807) is 11.9 Å². The molecule has 0 aliphatic carbocycles. The van der Waals surface area contributed by atoms with Gasteiger partial charge in [-0.25, -0.2) is 4.98 Å². The van der Waals surface area contributed by atoms with Crippen molar-refractivity contribution in [2.75, 3.05) is 7.05 Å². The fourth-order valence-electron chi connectivity index (χ4n) is 1.29. The topological polar surface area (TPSA) is 61.9 Å². The minimum absolute atomic E-state index is 0.108. The van der Waals surface area contributed by atoms with E-state index < -0.39 is 0 Å². The average Bonchev–Trinajstić information content (AvgIpc) is 2.68. The highest BCUT2D eigenvalue weighted by atomic mass is 16.2. The molecule has 0 radical (unpaired) electrons. The number of rotatable bonds is 4. The number of hydrogen-bond acceptors (Lipinski definition) is 3. The molecule has 1 aromatic rings. The number of aromatic amines is 1.